The Balaban J connectivity index is 1.13. The van der Waals surface area contributed by atoms with Gasteiger partial charge in [-0.2, -0.15) is 59.7 Å². The van der Waals surface area contributed by atoms with E-state index in [1.165, 1.54) is 69.9 Å². The molecule has 0 fully saturated rings. The normalized spacial score (nSPS) is 12.3. The van der Waals surface area contributed by atoms with Gasteiger partial charge < -0.3 is 9.47 Å². The molecule has 0 heterocycles. The summed E-state index contributed by atoms with van der Waals surface area (Å²) in [5, 5.41) is 0.129. The molecule has 0 bridgehead atoms. The third-order valence-corrected chi connectivity index (χ3v) is 17.8. The summed E-state index contributed by atoms with van der Waals surface area (Å²) in [5.41, 5.74) is 7.37. The second-order valence-corrected chi connectivity index (χ2v) is 22.3. The smallest absolute Gasteiger partial charge is 0.0910 e. The fourth-order valence-corrected chi connectivity index (χ4v) is 14.7. The SMILES string of the molecule is SCCCSCCCSCCOCCOCCSCCCSCCC(SC(c1ccccc1)(c1ccccc1)c1ccccc1)C(c1ccccc1)(c1ccccc1)c1ccccc1. The second kappa shape index (κ2) is 29.9. The van der Waals surface area contributed by atoms with E-state index in [-0.39, 0.29) is 5.25 Å². The molecule has 0 aliphatic rings. The van der Waals surface area contributed by atoms with E-state index < -0.39 is 10.2 Å². The molecule has 0 aliphatic carbocycles. The zero-order valence-electron chi connectivity index (χ0n) is 37.2. The molecule has 0 amide bonds. The van der Waals surface area contributed by atoms with Gasteiger partial charge in [-0.25, -0.2) is 0 Å². The molecule has 6 rings (SSSR count). The van der Waals surface area contributed by atoms with Gasteiger partial charge in [0, 0.05) is 16.8 Å². The van der Waals surface area contributed by atoms with Crippen LogP contribution in [0.1, 0.15) is 59.1 Å². The Kier molecular flexibility index (Phi) is 23.7. The molecule has 0 N–H and O–H groups in total. The van der Waals surface area contributed by atoms with Gasteiger partial charge in [0.15, 0.2) is 0 Å². The highest BCUT2D eigenvalue weighted by Crippen LogP contribution is 2.57. The van der Waals surface area contributed by atoms with Crippen LogP contribution in [0.4, 0.5) is 0 Å². The van der Waals surface area contributed by atoms with Gasteiger partial charge in [0.25, 0.3) is 0 Å². The molecule has 8 heteroatoms. The van der Waals surface area contributed by atoms with Crippen LogP contribution in [-0.2, 0) is 19.6 Å². The molecule has 1 unspecified atom stereocenters. The summed E-state index contributed by atoms with van der Waals surface area (Å²) < 4.78 is 11.2. The number of hydrogen-bond donors (Lipinski definition) is 1. The monoisotopic (exact) mass is 962 g/mol. The maximum absolute atomic E-state index is 5.91. The predicted octanol–water partition coefficient (Wildman–Crippen LogP) is 14.6. The summed E-state index contributed by atoms with van der Waals surface area (Å²) >= 11 is 14.6. The van der Waals surface area contributed by atoms with Crippen molar-refractivity contribution in [2.45, 2.75) is 41.1 Å². The summed E-state index contributed by atoms with van der Waals surface area (Å²) in [4.78, 5) is 0. The van der Waals surface area contributed by atoms with Gasteiger partial charge in [0.05, 0.1) is 36.6 Å². The Morgan fingerprint density at radius 1 is 0.359 bits per heavy atom. The molecule has 0 radical (unpaired) electrons. The number of hydrogen-bond acceptors (Lipinski definition) is 8. The summed E-state index contributed by atoms with van der Waals surface area (Å²) in [6.07, 6.45) is 4.69. The Bertz CT molecular complexity index is 1870. The minimum absolute atomic E-state index is 0.129. The summed E-state index contributed by atoms with van der Waals surface area (Å²) in [5.74, 6) is 10.2. The van der Waals surface area contributed by atoms with Crippen molar-refractivity contribution in [2.24, 2.45) is 0 Å². The van der Waals surface area contributed by atoms with Crippen LogP contribution in [0.25, 0.3) is 0 Å². The molecule has 338 valence electrons. The van der Waals surface area contributed by atoms with Gasteiger partial charge in [0.2, 0.25) is 0 Å². The van der Waals surface area contributed by atoms with E-state index in [2.05, 4.69) is 230 Å². The highest BCUT2D eigenvalue weighted by molar-refractivity contribution is 8.01. The fourth-order valence-electron chi connectivity index (χ4n) is 8.31. The van der Waals surface area contributed by atoms with E-state index in [0.29, 0.717) is 13.2 Å². The Hall–Kier alpha value is -2.66. The van der Waals surface area contributed by atoms with Crippen LogP contribution in [0, 0.1) is 0 Å². The first-order chi connectivity index (χ1) is 31.8. The number of rotatable bonds is 32. The lowest BCUT2D eigenvalue weighted by atomic mass is 9.66. The molecular formula is C56H66O2S6. The van der Waals surface area contributed by atoms with Gasteiger partial charge >= 0.3 is 0 Å². The van der Waals surface area contributed by atoms with Crippen LogP contribution < -0.4 is 0 Å². The van der Waals surface area contributed by atoms with Crippen LogP contribution in [0.2, 0.25) is 0 Å². The van der Waals surface area contributed by atoms with E-state index in [0.717, 1.165) is 54.2 Å². The second-order valence-electron chi connectivity index (χ2n) is 15.5. The van der Waals surface area contributed by atoms with Crippen LogP contribution in [0.15, 0.2) is 182 Å². The molecule has 0 aromatic heterocycles. The average molecular weight is 964 g/mol. The van der Waals surface area contributed by atoms with E-state index in [1.54, 1.807) is 0 Å². The third kappa shape index (κ3) is 14.9. The number of benzene rings is 6. The maximum atomic E-state index is 5.91. The molecule has 6 aromatic rings. The first kappa shape index (κ1) is 50.7. The lowest BCUT2D eigenvalue weighted by Crippen LogP contribution is -2.43. The first-order valence-electron chi connectivity index (χ1n) is 22.9. The van der Waals surface area contributed by atoms with E-state index in [1.807, 2.05) is 23.5 Å². The molecular weight excluding hydrogens is 897 g/mol. The van der Waals surface area contributed by atoms with Crippen molar-refractivity contribution >= 4 is 71.4 Å². The van der Waals surface area contributed by atoms with Gasteiger partial charge in [-0.1, -0.05) is 182 Å². The van der Waals surface area contributed by atoms with E-state index >= 15 is 0 Å². The number of thioether (sulfide) groups is 5. The lowest BCUT2D eigenvalue weighted by molar-refractivity contribution is 0.0605. The maximum Gasteiger partial charge on any atom is 0.0910 e. The molecule has 0 aliphatic heterocycles. The van der Waals surface area contributed by atoms with Crippen molar-refractivity contribution in [3.8, 4) is 0 Å². The van der Waals surface area contributed by atoms with Gasteiger partial charge in [0.1, 0.15) is 0 Å². The van der Waals surface area contributed by atoms with Crippen molar-refractivity contribution in [3.63, 3.8) is 0 Å². The van der Waals surface area contributed by atoms with Gasteiger partial charge in [-0.15, -0.1) is 11.8 Å². The Labute approximate surface area is 412 Å². The van der Waals surface area contributed by atoms with Crippen LogP contribution >= 0.6 is 71.4 Å². The summed E-state index contributed by atoms with van der Waals surface area (Å²) in [6.45, 7) is 2.96. The van der Waals surface area contributed by atoms with Gasteiger partial charge in [-0.05, 0) is 99.3 Å². The highest BCUT2D eigenvalue weighted by Gasteiger charge is 2.49. The van der Waals surface area contributed by atoms with Crippen LogP contribution in [-0.4, -0.2) is 83.5 Å². The lowest BCUT2D eigenvalue weighted by Gasteiger charge is -2.47. The molecule has 0 saturated carbocycles. The average Bonchev–Trinajstić information content (AvgIpc) is 3.36. The van der Waals surface area contributed by atoms with Gasteiger partial charge in [-0.3, -0.25) is 0 Å². The topological polar surface area (TPSA) is 18.5 Å². The van der Waals surface area contributed by atoms with Crippen molar-refractivity contribution in [1.29, 1.82) is 0 Å². The Morgan fingerprint density at radius 2 is 0.672 bits per heavy atom. The zero-order chi connectivity index (χ0) is 44.2. The van der Waals surface area contributed by atoms with Crippen molar-refractivity contribution in [2.75, 3.05) is 78.2 Å². The van der Waals surface area contributed by atoms with Crippen LogP contribution in [0.3, 0.4) is 0 Å². The molecule has 64 heavy (non-hydrogen) atoms. The standard InChI is InChI=1S/C56H66O2S6/c59-39-19-40-60-41-20-43-62-46-37-57-35-36-58-38-47-63-44-21-42-61-45-34-54(55(48-22-7-1-8-23-48,49-24-9-2-10-25-49)50-26-11-3-12-27-50)64-56(51-28-13-4-14-29-51,52-30-15-5-16-31-52)53-32-17-6-18-33-53/h1-18,22-33,54,59H,19-21,34-47H2. The van der Waals surface area contributed by atoms with Crippen molar-refractivity contribution < 1.29 is 9.47 Å². The quantitative estimate of drug-likeness (QED) is 0.0255. The summed E-state index contributed by atoms with van der Waals surface area (Å²) in [6, 6.07) is 67.6. The number of ether oxygens (including phenoxy) is 2. The summed E-state index contributed by atoms with van der Waals surface area (Å²) in [7, 11) is 0. The van der Waals surface area contributed by atoms with Crippen molar-refractivity contribution in [3.05, 3.63) is 215 Å². The minimum Gasteiger partial charge on any atom is -0.378 e. The fraction of sp³-hybridized carbons (Fsp3) is 0.357. The molecule has 6 aromatic carbocycles. The first-order valence-corrected chi connectivity index (χ1v) is 29.0. The Morgan fingerprint density at radius 3 is 1.03 bits per heavy atom. The molecule has 0 spiro atoms. The highest BCUT2D eigenvalue weighted by atomic mass is 32.2. The third-order valence-electron chi connectivity index (χ3n) is 11.3. The largest absolute Gasteiger partial charge is 0.378 e. The molecule has 1 atom stereocenters. The van der Waals surface area contributed by atoms with Crippen LogP contribution in [0.5, 0.6) is 0 Å². The minimum atomic E-state index is -0.489. The van der Waals surface area contributed by atoms with Crippen molar-refractivity contribution in [1.82, 2.24) is 0 Å². The predicted molar refractivity (Wildman–Crippen MR) is 293 cm³/mol. The van der Waals surface area contributed by atoms with E-state index in [9.17, 15) is 0 Å². The molecule has 2 nitrogen and oxygen atoms in total. The van der Waals surface area contributed by atoms with E-state index in [4.69, 9.17) is 9.47 Å². The zero-order valence-corrected chi connectivity index (χ0v) is 42.2. The number of thiol groups is 1. The molecule has 0 saturated heterocycles.